The molecule has 6 aliphatic rings. The number of imide groups is 1. The molecule has 0 aliphatic carbocycles. The van der Waals surface area contributed by atoms with Crippen molar-refractivity contribution in [2.75, 3.05) is 54.4 Å². The molecule has 1 aromatic heterocycles. The summed E-state index contributed by atoms with van der Waals surface area (Å²) in [5.41, 5.74) is 4.12. The Morgan fingerprint density at radius 2 is 1.79 bits per heavy atom. The van der Waals surface area contributed by atoms with Crippen LogP contribution in [0.2, 0.25) is 0 Å². The SMILES string of the molecule is C[C@H]1c2ccc(O[C@H]3CN4c5cc(-c6cccc(F)c6O)nnc5NC[C@@]4(C(F)F)C3)cc2CCN1CC1CCN(c2ccc3c(c2)C(=O)N([C@H]2CCC(=O)NC2=O)C3)CC1. The van der Waals surface area contributed by atoms with E-state index < -0.39 is 41.6 Å². The second kappa shape index (κ2) is 15.2. The van der Waals surface area contributed by atoms with Crippen molar-refractivity contribution in [1.29, 1.82) is 0 Å². The number of carbonyl (C=O) groups excluding carboxylic acids is 3. The molecule has 0 unspecified atom stereocenters. The maximum Gasteiger partial charge on any atom is 0.263 e. The highest BCUT2D eigenvalue weighted by atomic mass is 19.3. The van der Waals surface area contributed by atoms with Gasteiger partial charge in [0.25, 0.3) is 12.3 Å². The summed E-state index contributed by atoms with van der Waals surface area (Å²) in [7, 11) is 0. The summed E-state index contributed by atoms with van der Waals surface area (Å²) in [6.45, 7) is 6.38. The van der Waals surface area contributed by atoms with Crippen LogP contribution >= 0.6 is 0 Å². The molecule has 4 aromatic rings. The molecule has 3 fully saturated rings. The molecule has 10 rings (SSSR count). The normalized spacial score (nSPS) is 25.2. The van der Waals surface area contributed by atoms with Gasteiger partial charge in [0.1, 0.15) is 23.4 Å². The van der Waals surface area contributed by atoms with Crippen LogP contribution in [-0.2, 0) is 22.6 Å². The number of amides is 3. The number of hydrogen-bond acceptors (Lipinski definition) is 11. The average Bonchev–Trinajstić information content (AvgIpc) is 3.80. The molecule has 0 saturated carbocycles. The fourth-order valence-corrected chi connectivity index (χ4v) is 10.4. The van der Waals surface area contributed by atoms with Crippen LogP contribution < -0.4 is 25.2 Å². The van der Waals surface area contributed by atoms with Crippen LogP contribution in [0.15, 0.2) is 60.7 Å². The number of rotatable bonds is 8. The number of benzene rings is 3. The first-order chi connectivity index (χ1) is 29.5. The average molecular weight is 837 g/mol. The number of ether oxygens (including phenoxy) is 1. The molecule has 3 saturated heterocycles. The Morgan fingerprint density at radius 3 is 2.59 bits per heavy atom. The largest absolute Gasteiger partial charge is 0.504 e. The number of anilines is 3. The van der Waals surface area contributed by atoms with Crippen molar-refractivity contribution in [3.63, 3.8) is 0 Å². The van der Waals surface area contributed by atoms with E-state index in [2.05, 4.69) is 55.8 Å². The molecule has 0 bridgehead atoms. The zero-order valence-corrected chi connectivity index (χ0v) is 33.8. The van der Waals surface area contributed by atoms with Gasteiger partial charge in [-0.1, -0.05) is 18.2 Å². The Hall–Kier alpha value is -5.90. The van der Waals surface area contributed by atoms with Crippen molar-refractivity contribution in [2.24, 2.45) is 5.92 Å². The van der Waals surface area contributed by atoms with Gasteiger partial charge in [0.15, 0.2) is 17.4 Å². The molecule has 3 N–H and O–H groups in total. The highest BCUT2D eigenvalue weighted by Gasteiger charge is 2.56. The van der Waals surface area contributed by atoms with Gasteiger partial charge in [0, 0.05) is 75.0 Å². The van der Waals surface area contributed by atoms with Crippen LogP contribution in [0.4, 0.5) is 30.4 Å². The van der Waals surface area contributed by atoms with E-state index in [-0.39, 0.29) is 55.0 Å². The topological polar surface area (TPSA) is 143 Å². The van der Waals surface area contributed by atoms with E-state index in [1.54, 1.807) is 15.9 Å². The van der Waals surface area contributed by atoms with Crippen LogP contribution in [0.1, 0.15) is 72.1 Å². The first-order valence-corrected chi connectivity index (χ1v) is 21.2. The molecule has 7 heterocycles. The number of nitrogens with zero attached hydrogens (tertiary/aromatic N) is 6. The number of fused-ring (bicyclic) bond motifs is 5. The lowest BCUT2D eigenvalue weighted by Crippen LogP contribution is -2.57. The molecule has 318 valence electrons. The number of piperidine rings is 2. The molecule has 16 heteroatoms. The van der Waals surface area contributed by atoms with E-state index >= 15 is 8.78 Å². The second-order valence-corrected chi connectivity index (χ2v) is 17.4. The fraction of sp³-hybridized carbons (Fsp3) is 0.444. The Labute approximate surface area is 350 Å². The van der Waals surface area contributed by atoms with E-state index in [9.17, 15) is 23.9 Å². The molecule has 0 radical (unpaired) electrons. The molecule has 3 aromatic carbocycles. The molecule has 0 spiro atoms. The predicted molar refractivity (Wildman–Crippen MR) is 220 cm³/mol. The first-order valence-electron chi connectivity index (χ1n) is 21.2. The zero-order valence-electron chi connectivity index (χ0n) is 33.8. The standard InChI is InChI=1S/C45H47F3N8O5/c1-25-32-8-7-30(61-31-20-45(44(47)48)24-49-41-38(56(45)23-31)19-36(51-52-41)33-3-2-4-35(46)40(33)58)17-27(32)13-16-54(25)21-26-11-14-53(15-12-26)29-6-5-28-22-55(43(60)34(28)18-29)37-9-10-39(57)50-42(37)59/h2-8,17-19,25-26,31,37,44,58H,9-16,20-24H2,1H3,(H,49,52)(H,50,57,59)/t25-,31+,37-,45+/m0/s1. The smallest absolute Gasteiger partial charge is 0.263 e. The van der Waals surface area contributed by atoms with Gasteiger partial charge in [-0.2, -0.15) is 0 Å². The summed E-state index contributed by atoms with van der Waals surface area (Å²) in [6, 6.07) is 17.4. The number of carbonyl (C=O) groups is 3. The van der Waals surface area contributed by atoms with Crippen LogP contribution in [-0.4, -0.2) is 106 Å². The van der Waals surface area contributed by atoms with Crippen LogP contribution in [0.25, 0.3) is 11.3 Å². The number of phenols is 1. The van der Waals surface area contributed by atoms with Gasteiger partial charge < -0.3 is 29.9 Å². The molecule has 3 amide bonds. The van der Waals surface area contributed by atoms with Crippen molar-refractivity contribution in [3.05, 3.63) is 88.7 Å². The van der Waals surface area contributed by atoms with Gasteiger partial charge >= 0.3 is 0 Å². The summed E-state index contributed by atoms with van der Waals surface area (Å²) >= 11 is 0. The molecule has 61 heavy (non-hydrogen) atoms. The third-order valence-electron chi connectivity index (χ3n) is 13.9. The van der Waals surface area contributed by atoms with E-state index in [4.69, 9.17) is 4.74 Å². The van der Waals surface area contributed by atoms with Crippen molar-refractivity contribution in [2.45, 2.75) is 82.1 Å². The van der Waals surface area contributed by atoms with E-state index in [0.717, 1.165) is 62.8 Å². The van der Waals surface area contributed by atoms with Gasteiger partial charge in [0.2, 0.25) is 11.8 Å². The minimum absolute atomic E-state index is 0.0462. The number of nitrogens with one attached hydrogen (secondary N) is 2. The third-order valence-corrected chi connectivity index (χ3v) is 13.9. The lowest BCUT2D eigenvalue weighted by Gasteiger charge is -2.43. The monoisotopic (exact) mass is 836 g/mol. The first kappa shape index (κ1) is 39.2. The van der Waals surface area contributed by atoms with E-state index in [1.807, 2.05) is 18.2 Å². The minimum atomic E-state index is -2.70. The summed E-state index contributed by atoms with van der Waals surface area (Å²) in [5.74, 6) is -0.745. The number of halogens is 3. The number of hydrogen-bond donors (Lipinski definition) is 3. The van der Waals surface area contributed by atoms with Gasteiger partial charge in [-0.3, -0.25) is 24.6 Å². The summed E-state index contributed by atoms with van der Waals surface area (Å²) in [6.07, 6.45) is 0.308. The summed E-state index contributed by atoms with van der Waals surface area (Å²) in [4.78, 5) is 45.7. The lowest BCUT2D eigenvalue weighted by atomic mass is 9.90. The summed E-state index contributed by atoms with van der Waals surface area (Å²) in [5, 5.41) is 24.1. The Bertz CT molecular complexity index is 2430. The Kier molecular flexibility index (Phi) is 9.80. The maximum absolute atomic E-state index is 15.0. The van der Waals surface area contributed by atoms with Gasteiger partial charge in [-0.25, -0.2) is 13.2 Å². The maximum atomic E-state index is 15.0. The van der Waals surface area contributed by atoms with Gasteiger partial charge in [0.05, 0.1) is 17.9 Å². The Balaban J connectivity index is 0.761. The highest BCUT2D eigenvalue weighted by Crippen LogP contribution is 2.47. The van der Waals surface area contributed by atoms with Gasteiger partial charge in [-0.05, 0) is 97.7 Å². The van der Waals surface area contributed by atoms with Crippen LogP contribution in [0, 0.1) is 11.7 Å². The number of alkyl halides is 2. The second-order valence-electron chi connectivity index (χ2n) is 17.4. The predicted octanol–water partition coefficient (Wildman–Crippen LogP) is 5.67. The molecule has 13 nitrogen and oxygen atoms in total. The minimum Gasteiger partial charge on any atom is -0.504 e. The lowest BCUT2D eigenvalue weighted by molar-refractivity contribution is -0.136. The van der Waals surface area contributed by atoms with Crippen molar-refractivity contribution in [3.8, 4) is 22.8 Å². The molecule has 4 atom stereocenters. The van der Waals surface area contributed by atoms with Crippen molar-refractivity contribution < 1.29 is 37.4 Å². The Morgan fingerprint density at radius 1 is 0.951 bits per heavy atom. The number of aromatic nitrogens is 2. The number of para-hydroxylation sites is 1. The zero-order chi connectivity index (χ0) is 42.2. The van der Waals surface area contributed by atoms with Crippen molar-refractivity contribution >= 4 is 34.9 Å². The van der Waals surface area contributed by atoms with Crippen LogP contribution in [0.3, 0.4) is 0 Å². The fourth-order valence-electron chi connectivity index (χ4n) is 10.4. The van der Waals surface area contributed by atoms with Crippen molar-refractivity contribution in [1.82, 2.24) is 25.3 Å². The highest BCUT2D eigenvalue weighted by molar-refractivity contribution is 6.05. The third kappa shape index (κ3) is 6.88. The molecule has 6 aliphatic heterocycles. The number of phenolic OH excluding ortho intramolecular Hbond substituents is 1. The quantitative estimate of drug-likeness (QED) is 0.189. The number of aromatic hydroxyl groups is 1. The summed E-state index contributed by atoms with van der Waals surface area (Å²) < 4.78 is 50.7. The van der Waals surface area contributed by atoms with E-state index in [0.29, 0.717) is 41.7 Å². The molecular weight excluding hydrogens is 790 g/mol. The van der Waals surface area contributed by atoms with Gasteiger partial charge in [-0.15, -0.1) is 10.2 Å². The molecular formula is C45H47F3N8O5. The van der Waals surface area contributed by atoms with Crippen LogP contribution in [0.5, 0.6) is 11.5 Å². The van der Waals surface area contributed by atoms with E-state index in [1.165, 1.54) is 23.3 Å².